The van der Waals surface area contributed by atoms with E-state index in [4.69, 9.17) is 23.2 Å². The van der Waals surface area contributed by atoms with Crippen molar-refractivity contribution in [1.82, 2.24) is 0 Å². The second-order valence-corrected chi connectivity index (χ2v) is 5.36. The van der Waals surface area contributed by atoms with Gasteiger partial charge in [0.25, 0.3) is 0 Å². The first-order chi connectivity index (χ1) is 7.63. The number of carbonyl (C=O) groups is 1. The Hall–Kier alpha value is -0.570. The molecule has 0 aliphatic carbocycles. The Kier molecular flexibility index (Phi) is 3.53. The second kappa shape index (κ2) is 4.74. The van der Waals surface area contributed by atoms with Crippen LogP contribution < -0.4 is 0 Å². The fraction of sp³-hybridized carbons (Fsp3) is 0.0833. The Balaban J connectivity index is 2.86. The smallest absolute Gasteiger partial charge is 0.150 e. The van der Waals surface area contributed by atoms with Crippen LogP contribution in [0.1, 0.15) is 20.8 Å². The highest BCUT2D eigenvalue weighted by Crippen LogP contribution is 2.34. The third-order valence-corrected chi connectivity index (χ3v) is 3.33. The van der Waals surface area contributed by atoms with Crippen LogP contribution in [-0.4, -0.2) is 6.29 Å². The van der Waals surface area contributed by atoms with Gasteiger partial charge in [-0.3, -0.25) is 4.79 Å². The minimum atomic E-state index is -0.710. The molecule has 0 bridgehead atoms. The highest BCUT2D eigenvalue weighted by Gasteiger charge is 2.13. The number of hydrogen-bond donors (Lipinski definition) is 0. The van der Waals surface area contributed by atoms with Crippen LogP contribution in [0.4, 0.5) is 0 Å². The fourth-order valence-corrected chi connectivity index (χ4v) is 2.53. The number of benzene rings is 2. The van der Waals surface area contributed by atoms with Crippen molar-refractivity contribution >= 4 is 56.2 Å². The maximum absolute atomic E-state index is 10.9. The van der Waals surface area contributed by atoms with Gasteiger partial charge in [-0.15, -0.1) is 23.2 Å². The van der Waals surface area contributed by atoms with E-state index in [2.05, 4.69) is 15.9 Å². The molecule has 0 aliphatic rings. The van der Waals surface area contributed by atoms with E-state index >= 15 is 0 Å². The van der Waals surface area contributed by atoms with Crippen molar-refractivity contribution in [1.29, 1.82) is 0 Å². The largest absolute Gasteiger partial charge is 0.298 e. The van der Waals surface area contributed by atoms with E-state index in [1.54, 1.807) is 6.07 Å². The Morgan fingerprint density at radius 2 is 1.88 bits per heavy atom. The monoisotopic (exact) mass is 316 g/mol. The van der Waals surface area contributed by atoms with Gasteiger partial charge in [0.05, 0.1) is 0 Å². The normalized spacial score (nSPS) is 11.0. The Bertz CT molecular complexity index is 552. The van der Waals surface area contributed by atoms with E-state index in [9.17, 15) is 4.79 Å². The molecule has 0 amide bonds. The minimum Gasteiger partial charge on any atom is -0.298 e. The van der Waals surface area contributed by atoms with Crippen LogP contribution in [0.25, 0.3) is 10.8 Å². The van der Waals surface area contributed by atoms with Crippen molar-refractivity contribution in [2.45, 2.75) is 4.84 Å². The number of carbonyl (C=O) groups excluding carboxylic acids is 1. The minimum absolute atomic E-state index is 0.528. The topological polar surface area (TPSA) is 17.1 Å². The second-order valence-electron chi connectivity index (χ2n) is 3.35. The molecule has 0 heterocycles. The molecular weight excluding hydrogens is 311 g/mol. The van der Waals surface area contributed by atoms with E-state index in [0.717, 1.165) is 21.5 Å². The molecule has 16 heavy (non-hydrogen) atoms. The molecule has 1 nitrogen and oxygen atoms in total. The highest BCUT2D eigenvalue weighted by atomic mass is 79.9. The van der Waals surface area contributed by atoms with Crippen molar-refractivity contribution in [3.8, 4) is 0 Å². The van der Waals surface area contributed by atoms with Gasteiger partial charge >= 0.3 is 0 Å². The molecule has 0 aliphatic heterocycles. The first-order valence-electron chi connectivity index (χ1n) is 4.59. The Morgan fingerprint density at radius 3 is 2.50 bits per heavy atom. The van der Waals surface area contributed by atoms with Gasteiger partial charge in [0, 0.05) is 15.6 Å². The quantitative estimate of drug-likeness (QED) is 0.569. The Labute approximate surface area is 111 Å². The third kappa shape index (κ3) is 2.10. The highest BCUT2D eigenvalue weighted by molar-refractivity contribution is 9.10. The molecule has 0 saturated carbocycles. The van der Waals surface area contributed by atoms with Gasteiger partial charge in [0.1, 0.15) is 11.1 Å². The summed E-state index contributed by atoms with van der Waals surface area (Å²) < 4.78 is 0.929. The zero-order chi connectivity index (χ0) is 11.7. The van der Waals surface area contributed by atoms with Crippen LogP contribution in [0.15, 0.2) is 34.8 Å². The molecule has 82 valence electrons. The van der Waals surface area contributed by atoms with Gasteiger partial charge in [-0.2, -0.15) is 0 Å². The molecule has 0 radical (unpaired) electrons. The zero-order valence-corrected chi connectivity index (χ0v) is 11.2. The predicted octanol–water partition coefficient (Wildman–Crippen LogP) is 4.89. The predicted molar refractivity (Wildman–Crippen MR) is 71.5 cm³/mol. The summed E-state index contributed by atoms with van der Waals surface area (Å²) in [6, 6.07) is 9.41. The van der Waals surface area contributed by atoms with Crippen molar-refractivity contribution in [3.63, 3.8) is 0 Å². The van der Waals surface area contributed by atoms with Crippen LogP contribution in [0.3, 0.4) is 0 Å². The first-order valence-corrected chi connectivity index (χ1v) is 6.25. The third-order valence-electron chi connectivity index (χ3n) is 2.40. The maximum atomic E-state index is 10.9. The lowest BCUT2D eigenvalue weighted by Crippen LogP contribution is -1.93. The summed E-state index contributed by atoms with van der Waals surface area (Å²) in [5, 5.41) is 1.91. The number of alkyl halides is 2. The molecule has 0 N–H and O–H groups in total. The lowest BCUT2D eigenvalue weighted by Gasteiger charge is -2.10. The van der Waals surface area contributed by atoms with Crippen LogP contribution in [0.2, 0.25) is 0 Å². The number of aldehydes is 1. The summed E-state index contributed by atoms with van der Waals surface area (Å²) >= 11 is 15.2. The van der Waals surface area contributed by atoms with Crippen molar-refractivity contribution in [2.24, 2.45) is 0 Å². The van der Waals surface area contributed by atoms with E-state index in [-0.39, 0.29) is 0 Å². The van der Waals surface area contributed by atoms with Crippen LogP contribution in [0, 0.1) is 0 Å². The molecule has 0 aromatic heterocycles. The van der Waals surface area contributed by atoms with E-state index in [0.29, 0.717) is 11.1 Å². The van der Waals surface area contributed by atoms with Crippen LogP contribution in [0.5, 0.6) is 0 Å². The van der Waals surface area contributed by atoms with Crippen molar-refractivity contribution in [3.05, 3.63) is 45.9 Å². The standard InChI is InChI=1S/C12H7BrCl2O/c13-9-4-3-7-1-2-8(6-16)11(12(14)15)10(7)5-9/h1-6,12H. The SMILES string of the molecule is O=Cc1ccc2ccc(Br)cc2c1C(Cl)Cl. The van der Waals surface area contributed by atoms with Crippen molar-refractivity contribution in [2.75, 3.05) is 0 Å². The lowest BCUT2D eigenvalue weighted by molar-refractivity contribution is 0.112. The average molecular weight is 318 g/mol. The molecule has 2 aromatic rings. The van der Waals surface area contributed by atoms with Gasteiger partial charge in [0.2, 0.25) is 0 Å². The molecule has 0 atom stereocenters. The molecule has 0 unspecified atom stereocenters. The van der Waals surface area contributed by atoms with Gasteiger partial charge < -0.3 is 0 Å². The van der Waals surface area contributed by atoms with Crippen LogP contribution in [-0.2, 0) is 0 Å². The fourth-order valence-electron chi connectivity index (χ4n) is 1.68. The molecule has 0 saturated heterocycles. The summed E-state index contributed by atoms with van der Waals surface area (Å²) in [5.74, 6) is 0. The summed E-state index contributed by atoms with van der Waals surface area (Å²) in [6.45, 7) is 0. The maximum Gasteiger partial charge on any atom is 0.150 e. The van der Waals surface area contributed by atoms with Gasteiger partial charge in [0.15, 0.2) is 0 Å². The zero-order valence-electron chi connectivity index (χ0n) is 8.08. The molecular formula is C12H7BrCl2O. The molecule has 2 rings (SSSR count). The van der Waals surface area contributed by atoms with Gasteiger partial charge in [-0.25, -0.2) is 0 Å². The molecule has 0 spiro atoms. The molecule has 0 fully saturated rings. The lowest BCUT2D eigenvalue weighted by atomic mass is 10.0. The average Bonchev–Trinajstić information content (AvgIpc) is 2.26. The van der Waals surface area contributed by atoms with E-state index in [1.165, 1.54) is 0 Å². The summed E-state index contributed by atoms with van der Waals surface area (Å²) in [7, 11) is 0. The number of rotatable bonds is 2. The summed E-state index contributed by atoms with van der Waals surface area (Å²) in [4.78, 5) is 10.2. The van der Waals surface area contributed by atoms with E-state index < -0.39 is 4.84 Å². The van der Waals surface area contributed by atoms with Gasteiger partial charge in [-0.1, -0.05) is 34.1 Å². The Morgan fingerprint density at radius 1 is 1.19 bits per heavy atom. The number of fused-ring (bicyclic) bond motifs is 1. The molecule has 2 aromatic carbocycles. The van der Waals surface area contributed by atoms with E-state index in [1.807, 2.05) is 24.3 Å². The molecule has 4 heteroatoms. The van der Waals surface area contributed by atoms with Crippen LogP contribution >= 0.6 is 39.1 Å². The summed E-state index contributed by atoms with van der Waals surface area (Å²) in [6.07, 6.45) is 0.771. The van der Waals surface area contributed by atoms with Gasteiger partial charge in [-0.05, 0) is 22.9 Å². The van der Waals surface area contributed by atoms with Crippen molar-refractivity contribution < 1.29 is 4.79 Å². The number of hydrogen-bond acceptors (Lipinski definition) is 1. The number of halogens is 3. The first kappa shape index (κ1) is 11.9. The summed E-state index contributed by atoms with van der Waals surface area (Å²) in [5.41, 5.74) is 1.19.